The zero-order valence-corrected chi connectivity index (χ0v) is 17.7. The zero-order valence-electron chi connectivity index (χ0n) is 15.5. The van der Waals surface area contributed by atoms with E-state index < -0.39 is 0 Å². The normalized spacial score (nSPS) is 10.3. The second-order valence-corrected chi connectivity index (χ2v) is 6.96. The van der Waals surface area contributed by atoms with E-state index in [1.165, 1.54) is 0 Å². The smallest absolute Gasteiger partial charge is 0.219 e. The number of para-hydroxylation sites is 1. The average molecular weight is 469 g/mol. The number of ether oxygens (including phenoxy) is 3. The van der Waals surface area contributed by atoms with Crippen molar-refractivity contribution in [3.8, 4) is 17.2 Å². The minimum atomic E-state index is 0.0207. The minimum absolute atomic E-state index is 0.0207. The van der Waals surface area contributed by atoms with Crippen LogP contribution in [-0.4, -0.2) is 38.7 Å². The van der Waals surface area contributed by atoms with Gasteiger partial charge in [0.15, 0.2) is 0 Å². The molecule has 1 amide bonds. The van der Waals surface area contributed by atoms with Gasteiger partial charge in [0, 0.05) is 25.6 Å². The van der Waals surface area contributed by atoms with Crippen molar-refractivity contribution >= 4 is 28.5 Å². The Kier molecular flexibility index (Phi) is 7.56. The van der Waals surface area contributed by atoms with Crippen LogP contribution in [0.5, 0.6) is 17.2 Å². The molecule has 2 aromatic carbocycles. The molecule has 140 valence electrons. The summed E-state index contributed by atoms with van der Waals surface area (Å²) in [5, 5.41) is 0. The molecule has 0 aliphatic rings. The number of rotatable bonds is 8. The lowest BCUT2D eigenvalue weighted by Gasteiger charge is -2.23. The Morgan fingerprint density at radius 2 is 1.62 bits per heavy atom. The molecular formula is C20H24INO4. The van der Waals surface area contributed by atoms with Gasteiger partial charge in [-0.05, 0) is 52.8 Å². The number of hydrogen-bond donors (Lipinski definition) is 0. The predicted octanol–water partition coefficient (Wildman–Crippen LogP) is 3.91. The van der Waals surface area contributed by atoms with Crippen LogP contribution in [0.25, 0.3) is 0 Å². The molecule has 0 aliphatic heterocycles. The fraction of sp³-hybridized carbons (Fsp3) is 0.350. The van der Waals surface area contributed by atoms with Gasteiger partial charge in [-0.2, -0.15) is 0 Å². The summed E-state index contributed by atoms with van der Waals surface area (Å²) in [6.07, 6.45) is 0.672. The molecule has 5 nitrogen and oxygen atoms in total. The van der Waals surface area contributed by atoms with E-state index in [-0.39, 0.29) is 5.91 Å². The van der Waals surface area contributed by atoms with Crippen molar-refractivity contribution in [3.63, 3.8) is 0 Å². The average Bonchev–Trinajstić information content (AvgIpc) is 2.65. The molecule has 2 aromatic rings. The molecule has 0 radical (unpaired) electrons. The van der Waals surface area contributed by atoms with Gasteiger partial charge >= 0.3 is 0 Å². The van der Waals surface area contributed by atoms with Gasteiger partial charge in [-0.1, -0.05) is 18.2 Å². The number of halogens is 1. The molecule has 0 unspecified atom stereocenters. The quantitative estimate of drug-likeness (QED) is 0.551. The van der Waals surface area contributed by atoms with E-state index in [2.05, 4.69) is 22.6 Å². The number of hydrogen-bond acceptors (Lipinski definition) is 4. The number of benzene rings is 2. The van der Waals surface area contributed by atoms with Crippen LogP contribution in [0.1, 0.15) is 18.1 Å². The number of carbonyl (C=O) groups excluding carboxylic acids is 1. The Hall–Kier alpha value is -1.96. The van der Waals surface area contributed by atoms with Gasteiger partial charge in [0.05, 0.1) is 24.9 Å². The van der Waals surface area contributed by atoms with Crippen molar-refractivity contribution in [3.05, 3.63) is 51.1 Å². The highest BCUT2D eigenvalue weighted by molar-refractivity contribution is 14.1. The van der Waals surface area contributed by atoms with E-state index in [0.717, 1.165) is 31.9 Å². The van der Waals surface area contributed by atoms with Crippen LogP contribution in [0, 0.1) is 3.57 Å². The zero-order chi connectivity index (χ0) is 19.1. The van der Waals surface area contributed by atoms with Gasteiger partial charge < -0.3 is 19.1 Å². The fourth-order valence-electron chi connectivity index (χ4n) is 2.76. The van der Waals surface area contributed by atoms with Gasteiger partial charge in [0.25, 0.3) is 0 Å². The molecule has 0 aliphatic carbocycles. The molecule has 0 saturated carbocycles. The lowest BCUT2D eigenvalue weighted by atomic mass is 10.1. The predicted molar refractivity (Wildman–Crippen MR) is 110 cm³/mol. The first kappa shape index (κ1) is 20.4. The summed E-state index contributed by atoms with van der Waals surface area (Å²) in [5.74, 6) is 2.41. The van der Waals surface area contributed by atoms with Gasteiger partial charge in [-0.25, -0.2) is 0 Å². The van der Waals surface area contributed by atoms with Crippen molar-refractivity contribution in [2.24, 2.45) is 0 Å². The fourth-order valence-corrected chi connectivity index (χ4v) is 3.42. The van der Waals surface area contributed by atoms with Crippen molar-refractivity contribution in [1.29, 1.82) is 0 Å². The van der Waals surface area contributed by atoms with Crippen LogP contribution in [-0.2, 0) is 17.8 Å². The highest BCUT2D eigenvalue weighted by atomic mass is 127. The summed E-state index contributed by atoms with van der Waals surface area (Å²) in [5.41, 5.74) is 1.99. The minimum Gasteiger partial charge on any atom is -0.496 e. The molecule has 0 saturated heterocycles. The van der Waals surface area contributed by atoms with E-state index in [4.69, 9.17) is 14.2 Å². The molecule has 0 fully saturated rings. The van der Waals surface area contributed by atoms with E-state index in [0.29, 0.717) is 19.5 Å². The number of nitrogens with zero attached hydrogens (tertiary/aromatic N) is 1. The molecule has 0 N–H and O–H groups in total. The molecule has 6 heteroatoms. The van der Waals surface area contributed by atoms with E-state index in [9.17, 15) is 4.79 Å². The van der Waals surface area contributed by atoms with Crippen molar-refractivity contribution in [1.82, 2.24) is 4.90 Å². The summed E-state index contributed by atoms with van der Waals surface area (Å²) < 4.78 is 17.3. The maximum Gasteiger partial charge on any atom is 0.219 e. The van der Waals surface area contributed by atoms with Gasteiger partial charge in [-0.3, -0.25) is 4.79 Å². The van der Waals surface area contributed by atoms with Crippen LogP contribution in [0.2, 0.25) is 0 Å². The summed E-state index contributed by atoms with van der Waals surface area (Å²) >= 11 is 2.22. The van der Waals surface area contributed by atoms with Gasteiger partial charge in [0.1, 0.15) is 17.2 Å². The molecule has 0 heterocycles. The van der Waals surface area contributed by atoms with Crippen LogP contribution in [0.3, 0.4) is 0 Å². The third-order valence-corrected chi connectivity index (χ3v) is 5.05. The van der Waals surface area contributed by atoms with Crippen LogP contribution < -0.4 is 14.2 Å². The maximum atomic E-state index is 12.1. The van der Waals surface area contributed by atoms with Crippen LogP contribution in [0.15, 0.2) is 36.4 Å². The lowest BCUT2D eigenvalue weighted by molar-refractivity contribution is -0.129. The van der Waals surface area contributed by atoms with Crippen molar-refractivity contribution in [2.45, 2.75) is 19.9 Å². The van der Waals surface area contributed by atoms with Gasteiger partial charge in [0.2, 0.25) is 5.91 Å². The third-order valence-electron chi connectivity index (χ3n) is 4.20. The summed E-state index contributed by atoms with van der Waals surface area (Å²) in [4.78, 5) is 13.9. The summed E-state index contributed by atoms with van der Waals surface area (Å²) in [6, 6.07) is 11.7. The van der Waals surface area contributed by atoms with E-state index >= 15 is 0 Å². The first-order valence-electron chi connectivity index (χ1n) is 8.28. The number of methoxy groups -OCH3 is 3. The molecule has 26 heavy (non-hydrogen) atoms. The second kappa shape index (κ2) is 9.66. The monoisotopic (exact) mass is 469 g/mol. The Bertz CT molecular complexity index is 763. The first-order valence-corrected chi connectivity index (χ1v) is 9.35. The Morgan fingerprint density at radius 3 is 2.23 bits per heavy atom. The highest BCUT2D eigenvalue weighted by Crippen LogP contribution is 2.30. The summed E-state index contributed by atoms with van der Waals surface area (Å²) in [6.45, 7) is 2.66. The molecule has 0 spiro atoms. The lowest BCUT2D eigenvalue weighted by Crippen LogP contribution is -2.30. The molecule has 2 rings (SSSR count). The SMILES string of the molecule is COc1cc(CCN(Cc2ccccc2OC)C(C)=O)c(OC)cc1I. The highest BCUT2D eigenvalue weighted by Gasteiger charge is 2.15. The van der Waals surface area contributed by atoms with E-state index in [1.54, 1.807) is 28.3 Å². The number of amides is 1. The standard InChI is InChI=1S/C20H24INO4/c1-14(23)22(13-16-7-5-6-8-18(16)24-2)10-9-15-11-20(26-4)17(21)12-19(15)25-3/h5-8,11-12H,9-10,13H2,1-4H3. The first-order chi connectivity index (χ1) is 12.5. The largest absolute Gasteiger partial charge is 0.496 e. The van der Waals surface area contributed by atoms with Crippen molar-refractivity contribution < 1.29 is 19.0 Å². The number of carbonyl (C=O) groups is 1. The molecular weight excluding hydrogens is 445 g/mol. The third kappa shape index (κ3) is 5.03. The maximum absolute atomic E-state index is 12.1. The van der Waals surface area contributed by atoms with Crippen LogP contribution in [0.4, 0.5) is 0 Å². The van der Waals surface area contributed by atoms with Crippen LogP contribution >= 0.6 is 22.6 Å². The Morgan fingerprint density at radius 1 is 0.962 bits per heavy atom. The summed E-state index contributed by atoms with van der Waals surface area (Å²) in [7, 11) is 4.94. The Labute approximate surface area is 168 Å². The molecule has 0 aromatic heterocycles. The second-order valence-electron chi connectivity index (χ2n) is 5.80. The van der Waals surface area contributed by atoms with Crippen molar-refractivity contribution in [2.75, 3.05) is 27.9 Å². The topological polar surface area (TPSA) is 48.0 Å². The Balaban J connectivity index is 2.18. The molecule has 0 bridgehead atoms. The molecule has 0 atom stereocenters. The van der Waals surface area contributed by atoms with E-state index in [1.807, 2.05) is 41.3 Å². The van der Waals surface area contributed by atoms with Gasteiger partial charge in [-0.15, -0.1) is 0 Å².